The van der Waals surface area contributed by atoms with Crippen LogP contribution in [-0.4, -0.2) is 6.15 Å². The Morgan fingerprint density at radius 2 is 1.00 bits per heavy atom. The Labute approximate surface area is 186 Å². The molecule has 3 aromatic carbocycles. The van der Waals surface area contributed by atoms with Crippen molar-refractivity contribution in [1.82, 2.24) is 0 Å². The normalized spacial score (nSPS) is 11.8. The smallest absolute Gasteiger partial charge is 0.0801 e. The van der Waals surface area contributed by atoms with Crippen molar-refractivity contribution in [3.8, 4) is 0 Å². The maximum atomic E-state index is 3.87. The van der Waals surface area contributed by atoms with Crippen molar-refractivity contribution in [2.24, 2.45) is 0 Å². The highest BCUT2D eigenvalue weighted by atomic mass is 79.9. The zero-order chi connectivity index (χ0) is 20.8. The molecule has 0 fully saturated rings. The molecule has 0 heterocycles. The summed E-state index contributed by atoms with van der Waals surface area (Å²) < 4.78 is 2.44. The fourth-order valence-electron chi connectivity index (χ4n) is 5.44. The van der Waals surface area contributed by atoms with E-state index in [4.69, 9.17) is 0 Å². The summed E-state index contributed by atoms with van der Waals surface area (Å²) in [5.74, 6) is 0. The van der Waals surface area contributed by atoms with E-state index in [0.717, 1.165) is 0 Å². The average molecular weight is 499 g/mol. The molecule has 0 unspecified atom stereocenters. The number of rotatable bonds is 3. The first-order valence-corrected chi connectivity index (χ1v) is 11.5. The van der Waals surface area contributed by atoms with Gasteiger partial charge in [-0.05, 0) is 52.7 Å². The minimum absolute atomic E-state index is 1.14. The van der Waals surface area contributed by atoms with Crippen LogP contribution >= 0.6 is 31.9 Å². The first kappa shape index (κ1) is 21.4. The number of aryl methyl sites for hydroxylation is 4. The average Bonchev–Trinajstić information content (AvgIpc) is 2.65. The molecule has 0 aromatic heterocycles. The van der Waals surface area contributed by atoms with Gasteiger partial charge >= 0.3 is 0 Å². The fourth-order valence-corrected chi connectivity index (χ4v) is 6.10. The third kappa shape index (κ3) is 3.31. The van der Waals surface area contributed by atoms with Gasteiger partial charge in [0.2, 0.25) is 0 Å². The molecule has 0 saturated carbocycles. The van der Waals surface area contributed by atoms with Crippen LogP contribution < -0.4 is 16.4 Å². The lowest BCUT2D eigenvalue weighted by molar-refractivity contribution is 1.30. The van der Waals surface area contributed by atoms with Crippen molar-refractivity contribution in [1.29, 1.82) is 0 Å². The second-order valence-electron chi connectivity index (χ2n) is 8.44. The summed E-state index contributed by atoms with van der Waals surface area (Å²) in [6.45, 7) is 15.9. The predicted octanol–water partition coefficient (Wildman–Crippen LogP) is 6.16. The molecule has 0 saturated heterocycles. The Balaban J connectivity index is 2.52. The van der Waals surface area contributed by atoms with Crippen LogP contribution in [0.1, 0.15) is 33.4 Å². The van der Waals surface area contributed by atoms with E-state index in [0.29, 0.717) is 0 Å². The highest BCUT2D eigenvalue weighted by Crippen LogP contribution is 2.28. The molecule has 0 spiro atoms. The number of hydrogen-bond acceptors (Lipinski definition) is 0. The molecule has 0 nitrogen and oxygen atoms in total. The molecule has 146 valence electrons. The van der Waals surface area contributed by atoms with Crippen molar-refractivity contribution < 1.29 is 0 Å². The largest absolute Gasteiger partial charge is 0.200 e. The summed E-state index contributed by atoms with van der Waals surface area (Å²) in [7, 11) is 0. The van der Waals surface area contributed by atoms with Crippen molar-refractivity contribution in [3.63, 3.8) is 0 Å². The van der Waals surface area contributed by atoms with Gasteiger partial charge < -0.3 is 0 Å². The molecular weight excluding hydrogens is 471 g/mol. The van der Waals surface area contributed by atoms with Crippen molar-refractivity contribution in [2.75, 3.05) is 0 Å². The van der Waals surface area contributed by atoms with Crippen LogP contribution in [-0.2, 0) is 0 Å². The van der Waals surface area contributed by atoms with Gasteiger partial charge in [0.15, 0.2) is 0 Å². The number of hydrogen-bond donors (Lipinski definition) is 0. The monoisotopic (exact) mass is 497 g/mol. The summed E-state index contributed by atoms with van der Waals surface area (Å²) in [6, 6.07) is 15.7. The van der Waals surface area contributed by atoms with Gasteiger partial charge in [-0.25, -0.2) is 5.46 Å². The second kappa shape index (κ2) is 7.84. The van der Waals surface area contributed by atoms with Crippen LogP contribution in [0.25, 0.3) is 0 Å². The Morgan fingerprint density at radius 1 is 0.607 bits per heavy atom. The van der Waals surface area contributed by atoms with Crippen LogP contribution in [0.15, 0.2) is 51.4 Å². The molecular formula is C25H28BBr2-. The van der Waals surface area contributed by atoms with E-state index in [1.54, 1.807) is 0 Å². The predicted molar refractivity (Wildman–Crippen MR) is 134 cm³/mol. The second-order valence-corrected chi connectivity index (χ2v) is 10.0. The minimum Gasteiger partial charge on any atom is -0.200 e. The molecule has 0 amide bonds. The molecule has 0 radical (unpaired) electrons. The van der Waals surface area contributed by atoms with E-state index < -0.39 is 6.15 Å². The topological polar surface area (TPSA) is 0 Å². The highest BCUT2D eigenvalue weighted by Gasteiger charge is 2.31. The first-order chi connectivity index (χ1) is 13.1. The highest BCUT2D eigenvalue weighted by molar-refractivity contribution is 9.11. The minimum atomic E-state index is -1.14. The molecule has 0 atom stereocenters. The van der Waals surface area contributed by atoms with Crippen LogP contribution in [0.3, 0.4) is 0 Å². The zero-order valence-corrected chi connectivity index (χ0v) is 21.0. The standard InChI is InChI=1S/C25H28BBr2/c1-15-13-17(3)24(27)19(5)22(15)26(7,21-11-9-8-10-12-21)23-16(2)14-18(4)25(28)20(23)6/h8-14H,1-7H3/q-1. The Kier molecular flexibility index (Phi) is 5.99. The summed E-state index contributed by atoms with van der Waals surface area (Å²) in [5, 5.41) is 0. The lowest BCUT2D eigenvalue weighted by atomic mass is 9.15. The van der Waals surface area contributed by atoms with Gasteiger partial charge in [-0.15, -0.1) is 0 Å². The fraction of sp³-hybridized carbons (Fsp3) is 0.280. The van der Waals surface area contributed by atoms with Crippen LogP contribution in [0.5, 0.6) is 0 Å². The van der Waals surface area contributed by atoms with Gasteiger partial charge in [0.05, 0.1) is 6.15 Å². The third-order valence-corrected chi connectivity index (χ3v) is 8.94. The third-order valence-electron chi connectivity index (χ3n) is 6.50. The number of benzene rings is 3. The summed E-state index contributed by atoms with van der Waals surface area (Å²) in [4.78, 5) is 0. The van der Waals surface area contributed by atoms with Gasteiger partial charge in [-0.3, -0.25) is 0 Å². The van der Waals surface area contributed by atoms with Crippen molar-refractivity contribution in [3.05, 3.63) is 84.8 Å². The molecule has 0 N–H and O–H groups in total. The van der Waals surface area contributed by atoms with Gasteiger partial charge in [-0.1, -0.05) is 96.6 Å². The van der Waals surface area contributed by atoms with Crippen molar-refractivity contribution in [2.45, 2.75) is 48.4 Å². The SMILES string of the molecule is Cc1cc(C)c([B-](C)(c2ccccc2)c2c(C)cc(C)c(Br)c2C)c(C)c1Br. The van der Waals surface area contributed by atoms with E-state index in [1.165, 1.54) is 58.7 Å². The van der Waals surface area contributed by atoms with Gasteiger partial charge in [0.25, 0.3) is 0 Å². The number of halogens is 2. The first-order valence-electron chi connectivity index (χ1n) is 9.89. The molecule has 3 aromatic rings. The Morgan fingerprint density at radius 3 is 1.39 bits per heavy atom. The Hall–Kier alpha value is -1.32. The van der Waals surface area contributed by atoms with Gasteiger partial charge in [-0.2, -0.15) is 17.7 Å². The lowest BCUT2D eigenvalue weighted by Crippen LogP contribution is -2.67. The maximum absolute atomic E-state index is 3.87. The van der Waals surface area contributed by atoms with E-state index in [1.807, 2.05) is 0 Å². The van der Waals surface area contributed by atoms with E-state index in [2.05, 4.69) is 123 Å². The molecule has 0 bridgehead atoms. The molecule has 3 heteroatoms. The van der Waals surface area contributed by atoms with Crippen LogP contribution in [0, 0.1) is 41.5 Å². The maximum Gasteiger partial charge on any atom is 0.0801 e. The van der Waals surface area contributed by atoms with Crippen LogP contribution in [0.2, 0.25) is 6.82 Å². The Bertz CT molecular complexity index is 989. The van der Waals surface area contributed by atoms with E-state index in [-0.39, 0.29) is 0 Å². The van der Waals surface area contributed by atoms with Crippen molar-refractivity contribution >= 4 is 54.4 Å². The van der Waals surface area contributed by atoms with Gasteiger partial charge in [0.1, 0.15) is 0 Å². The quantitative estimate of drug-likeness (QED) is 0.379. The molecule has 28 heavy (non-hydrogen) atoms. The molecule has 3 rings (SSSR count). The van der Waals surface area contributed by atoms with Crippen LogP contribution in [0.4, 0.5) is 0 Å². The molecule has 0 aliphatic carbocycles. The lowest BCUT2D eigenvalue weighted by Gasteiger charge is -2.45. The molecule has 0 aliphatic heterocycles. The summed E-state index contributed by atoms with van der Waals surface area (Å²) in [6.07, 6.45) is -1.14. The summed E-state index contributed by atoms with van der Waals surface area (Å²) in [5.41, 5.74) is 12.3. The van der Waals surface area contributed by atoms with Gasteiger partial charge in [0, 0.05) is 8.95 Å². The summed E-state index contributed by atoms with van der Waals surface area (Å²) >= 11 is 7.73. The molecule has 0 aliphatic rings. The van der Waals surface area contributed by atoms with E-state index >= 15 is 0 Å². The zero-order valence-electron chi connectivity index (χ0n) is 17.9. The van der Waals surface area contributed by atoms with E-state index in [9.17, 15) is 0 Å².